The van der Waals surface area contributed by atoms with E-state index in [0.29, 0.717) is 15.9 Å². The molecule has 0 atom stereocenters. The van der Waals surface area contributed by atoms with E-state index in [9.17, 15) is 9.18 Å². The summed E-state index contributed by atoms with van der Waals surface area (Å²) in [7, 11) is 1.19. The third-order valence-corrected chi connectivity index (χ3v) is 2.48. The van der Waals surface area contributed by atoms with E-state index >= 15 is 0 Å². The number of hydrogen-bond donors (Lipinski definition) is 0. The Balaban J connectivity index is 3.29. The Morgan fingerprint density at radius 3 is 2.79 bits per heavy atom. The fraction of sp³-hybridized carbons (Fsp3) is 0.222. The van der Waals surface area contributed by atoms with E-state index in [-0.39, 0.29) is 5.56 Å². The number of benzene rings is 1. The van der Waals surface area contributed by atoms with Crippen LogP contribution in [0.3, 0.4) is 0 Å². The molecular weight excluding hydrogens is 274 g/mol. The van der Waals surface area contributed by atoms with Crippen molar-refractivity contribution in [2.24, 2.45) is 0 Å². The molecule has 0 aliphatic heterocycles. The van der Waals surface area contributed by atoms with Gasteiger partial charge >= 0.3 is 5.97 Å². The summed E-state index contributed by atoms with van der Waals surface area (Å²) in [5, 5.41) is 0.602. The SMILES string of the molecule is COC(=O)c1cc(Cl)cc(CBr)c1F. The van der Waals surface area contributed by atoms with Crippen LogP contribution in [-0.2, 0) is 10.1 Å². The van der Waals surface area contributed by atoms with Crippen molar-refractivity contribution in [1.82, 2.24) is 0 Å². The normalized spacial score (nSPS) is 10.0. The third kappa shape index (κ3) is 2.25. The molecule has 0 amide bonds. The lowest BCUT2D eigenvalue weighted by molar-refractivity contribution is 0.0595. The van der Waals surface area contributed by atoms with Gasteiger partial charge in [-0.1, -0.05) is 27.5 Å². The lowest BCUT2D eigenvalue weighted by Gasteiger charge is -2.05. The van der Waals surface area contributed by atoms with Crippen molar-refractivity contribution in [3.05, 3.63) is 34.1 Å². The monoisotopic (exact) mass is 280 g/mol. The lowest BCUT2D eigenvalue weighted by atomic mass is 10.1. The highest BCUT2D eigenvalue weighted by Gasteiger charge is 2.16. The van der Waals surface area contributed by atoms with Crippen LogP contribution in [0.15, 0.2) is 12.1 Å². The topological polar surface area (TPSA) is 26.3 Å². The number of esters is 1. The van der Waals surface area contributed by atoms with E-state index in [0.717, 1.165) is 0 Å². The van der Waals surface area contributed by atoms with Gasteiger partial charge in [0.25, 0.3) is 0 Å². The minimum Gasteiger partial charge on any atom is -0.465 e. The zero-order valence-corrected chi connectivity index (χ0v) is 9.65. The minimum absolute atomic E-state index is 0.144. The van der Waals surface area contributed by atoms with E-state index in [1.807, 2.05) is 0 Å². The van der Waals surface area contributed by atoms with Crippen molar-refractivity contribution in [2.75, 3.05) is 7.11 Å². The first-order valence-electron chi connectivity index (χ1n) is 3.72. The maximum Gasteiger partial charge on any atom is 0.340 e. The Kier molecular flexibility index (Phi) is 3.89. The van der Waals surface area contributed by atoms with Crippen LogP contribution in [0.25, 0.3) is 0 Å². The minimum atomic E-state index is -0.729. The second-order valence-corrected chi connectivity index (χ2v) is 3.55. The van der Waals surface area contributed by atoms with Gasteiger partial charge in [-0.25, -0.2) is 9.18 Å². The second-order valence-electron chi connectivity index (χ2n) is 2.55. The molecule has 1 aromatic rings. The molecule has 14 heavy (non-hydrogen) atoms. The van der Waals surface area contributed by atoms with Gasteiger partial charge in [0.2, 0.25) is 0 Å². The average Bonchev–Trinajstić information content (AvgIpc) is 2.19. The number of carbonyl (C=O) groups is 1. The quantitative estimate of drug-likeness (QED) is 0.615. The van der Waals surface area contributed by atoms with Crippen molar-refractivity contribution < 1.29 is 13.9 Å². The predicted octanol–water partition coefficient (Wildman–Crippen LogP) is 3.16. The van der Waals surface area contributed by atoms with Crippen LogP contribution < -0.4 is 0 Å². The van der Waals surface area contributed by atoms with Gasteiger partial charge in [-0.15, -0.1) is 0 Å². The molecule has 0 radical (unpaired) electrons. The number of alkyl halides is 1. The molecule has 1 aromatic carbocycles. The molecule has 0 saturated carbocycles. The first kappa shape index (κ1) is 11.5. The first-order valence-corrected chi connectivity index (χ1v) is 5.22. The zero-order valence-electron chi connectivity index (χ0n) is 7.31. The molecule has 0 spiro atoms. The van der Waals surface area contributed by atoms with Crippen LogP contribution in [-0.4, -0.2) is 13.1 Å². The highest BCUT2D eigenvalue weighted by molar-refractivity contribution is 9.08. The molecule has 0 heterocycles. The molecule has 0 saturated heterocycles. The molecule has 0 unspecified atom stereocenters. The van der Waals surface area contributed by atoms with Crippen molar-refractivity contribution in [3.8, 4) is 0 Å². The molecule has 0 bridgehead atoms. The molecule has 0 aromatic heterocycles. The number of carbonyl (C=O) groups excluding carboxylic acids is 1. The highest BCUT2D eigenvalue weighted by atomic mass is 79.9. The number of methoxy groups -OCH3 is 1. The van der Waals surface area contributed by atoms with Gasteiger partial charge < -0.3 is 4.74 Å². The largest absolute Gasteiger partial charge is 0.465 e. The van der Waals surface area contributed by atoms with Crippen LogP contribution in [0.4, 0.5) is 4.39 Å². The van der Waals surface area contributed by atoms with Gasteiger partial charge in [-0.05, 0) is 12.1 Å². The zero-order chi connectivity index (χ0) is 10.7. The number of hydrogen-bond acceptors (Lipinski definition) is 2. The number of halogens is 3. The molecule has 0 fully saturated rings. The van der Waals surface area contributed by atoms with Crippen LogP contribution in [0.1, 0.15) is 15.9 Å². The van der Waals surface area contributed by atoms with Crippen LogP contribution >= 0.6 is 27.5 Å². The summed E-state index contributed by atoms with van der Waals surface area (Å²) in [4.78, 5) is 11.1. The maximum atomic E-state index is 13.5. The summed E-state index contributed by atoms with van der Waals surface area (Å²) >= 11 is 8.80. The molecule has 5 heteroatoms. The van der Waals surface area contributed by atoms with Crippen molar-refractivity contribution in [2.45, 2.75) is 5.33 Å². The first-order chi connectivity index (χ1) is 6.60. The summed E-state index contributed by atoms with van der Waals surface area (Å²) < 4.78 is 17.9. The predicted molar refractivity (Wildman–Crippen MR) is 55.4 cm³/mol. The smallest absolute Gasteiger partial charge is 0.340 e. The van der Waals surface area contributed by atoms with Gasteiger partial charge in [0.1, 0.15) is 5.82 Å². The Hall–Kier alpha value is -0.610. The third-order valence-electron chi connectivity index (χ3n) is 1.66. The van der Waals surface area contributed by atoms with E-state index in [1.165, 1.54) is 19.2 Å². The van der Waals surface area contributed by atoms with Crippen LogP contribution in [0, 0.1) is 5.82 Å². The summed E-state index contributed by atoms with van der Waals surface area (Å²) in [5.74, 6) is -1.33. The number of ether oxygens (including phenoxy) is 1. The van der Waals surface area contributed by atoms with E-state index < -0.39 is 11.8 Å². The fourth-order valence-electron chi connectivity index (χ4n) is 1.00. The lowest BCUT2D eigenvalue weighted by Crippen LogP contribution is -2.06. The van der Waals surface area contributed by atoms with E-state index in [4.69, 9.17) is 11.6 Å². The van der Waals surface area contributed by atoms with Crippen LogP contribution in [0.5, 0.6) is 0 Å². The standard InChI is InChI=1S/C9H7BrClFO2/c1-14-9(13)7-3-6(11)2-5(4-10)8(7)12/h2-3H,4H2,1H3. The Morgan fingerprint density at radius 2 is 2.29 bits per heavy atom. The highest BCUT2D eigenvalue weighted by Crippen LogP contribution is 2.22. The Bertz CT molecular complexity index is 368. The molecule has 0 aliphatic carbocycles. The summed E-state index contributed by atoms with van der Waals surface area (Å²) in [6.45, 7) is 0. The van der Waals surface area contributed by atoms with Crippen LogP contribution in [0.2, 0.25) is 5.02 Å². The summed E-state index contributed by atoms with van der Waals surface area (Å²) in [6.07, 6.45) is 0. The number of rotatable bonds is 2. The average molecular weight is 282 g/mol. The second kappa shape index (κ2) is 4.75. The fourth-order valence-corrected chi connectivity index (χ4v) is 1.65. The molecular formula is C9H7BrClFO2. The van der Waals surface area contributed by atoms with Crippen molar-refractivity contribution >= 4 is 33.5 Å². The molecule has 2 nitrogen and oxygen atoms in total. The molecule has 0 aliphatic rings. The van der Waals surface area contributed by atoms with Crippen molar-refractivity contribution in [1.29, 1.82) is 0 Å². The summed E-state index contributed by atoms with van der Waals surface area (Å²) in [6, 6.07) is 2.70. The van der Waals surface area contributed by atoms with Gasteiger partial charge in [-0.2, -0.15) is 0 Å². The van der Waals surface area contributed by atoms with E-state index in [2.05, 4.69) is 20.7 Å². The molecule has 1 rings (SSSR count). The Labute approximate surface area is 94.1 Å². The maximum absolute atomic E-state index is 13.5. The van der Waals surface area contributed by atoms with E-state index in [1.54, 1.807) is 0 Å². The van der Waals surface area contributed by atoms with Gasteiger partial charge in [-0.3, -0.25) is 0 Å². The van der Waals surface area contributed by atoms with Gasteiger partial charge in [0.05, 0.1) is 12.7 Å². The van der Waals surface area contributed by atoms with Gasteiger partial charge in [0, 0.05) is 15.9 Å². The molecule has 0 N–H and O–H groups in total. The van der Waals surface area contributed by atoms with Gasteiger partial charge in [0.15, 0.2) is 0 Å². The Morgan fingerprint density at radius 1 is 1.64 bits per heavy atom. The molecule has 76 valence electrons. The van der Waals surface area contributed by atoms with Crippen molar-refractivity contribution in [3.63, 3.8) is 0 Å². The summed E-state index contributed by atoms with van der Waals surface area (Å²) in [5.41, 5.74) is 0.187.